The molecule has 2 N–H and O–H groups in total. The standard InChI is InChI=1S/C14H16ClNO5/c15-10-5-13-12(20-7-21-13)3-8(10)6-16-2-1-9(17)4-11(16)14(18)19/h3,5,9,11,17H,1-2,4,6-7H2,(H,18,19)/t9-,11+/m0/s1. The third-order valence-corrected chi connectivity index (χ3v) is 4.24. The molecule has 114 valence electrons. The van der Waals surface area contributed by atoms with Crippen molar-refractivity contribution in [2.24, 2.45) is 0 Å². The minimum atomic E-state index is -0.925. The van der Waals surface area contributed by atoms with Gasteiger partial charge in [0, 0.05) is 24.2 Å². The monoisotopic (exact) mass is 313 g/mol. The maximum Gasteiger partial charge on any atom is 0.321 e. The molecule has 6 nitrogen and oxygen atoms in total. The molecule has 0 bridgehead atoms. The molecule has 0 aliphatic carbocycles. The Kier molecular flexibility index (Phi) is 3.93. The first-order chi connectivity index (χ1) is 10.0. The van der Waals surface area contributed by atoms with Crippen LogP contribution < -0.4 is 9.47 Å². The number of hydrogen-bond acceptors (Lipinski definition) is 5. The van der Waals surface area contributed by atoms with Crippen molar-refractivity contribution in [2.45, 2.75) is 31.5 Å². The molecule has 2 atom stereocenters. The van der Waals surface area contributed by atoms with E-state index in [1.165, 1.54) is 0 Å². The Morgan fingerprint density at radius 3 is 2.81 bits per heavy atom. The Morgan fingerprint density at radius 1 is 1.38 bits per heavy atom. The minimum Gasteiger partial charge on any atom is -0.480 e. The molecule has 1 aromatic carbocycles. The predicted molar refractivity (Wildman–Crippen MR) is 74.6 cm³/mol. The SMILES string of the molecule is O=C(O)[C@H]1C[C@@H](O)CCN1Cc1cc2c(cc1Cl)OCO2. The van der Waals surface area contributed by atoms with Gasteiger partial charge < -0.3 is 19.7 Å². The number of hydrogen-bond donors (Lipinski definition) is 2. The molecule has 1 fully saturated rings. The van der Waals surface area contributed by atoms with Crippen molar-refractivity contribution in [1.82, 2.24) is 4.90 Å². The maximum atomic E-state index is 11.3. The fourth-order valence-corrected chi connectivity index (χ4v) is 2.95. The molecule has 0 radical (unpaired) electrons. The number of ether oxygens (including phenoxy) is 2. The summed E-state index contributed by atoms with van der Waals surface area (Å²) >= 11 is 6.22. The fraction of sp³-hybridized carbons (Fsp3) is 0.500. The molecular formula is C14H16ClNO5. The topological polar surface area (TPSA) is 79.2 Å². The van der Waals surface area contributed by atoms with Gasteiger partial charge in [-0.15, -0.1) is 0 Å². The van der Waals surface area contributed by atoms with Crippen LogP contribution in [0, 0.1) is 0 Å². The number of halogens is 1. The largest absolute Gasteiger partial charge is 0.480 e. The molecule has 0 aromatic heterocycles. The Labute approximate surface area is 126 Å². The summed E-state index contributed by atoms with van der Waals surface area (Å²) in [5, 5.41) is 19.5. The lowest BCUT2D eigenvalue weighted by Crippen LogP contribution is -2.48. The van der Waals surface area contributed by atoms with E-state index in [1.54, 1.807) is 12.1 Å². The van der Waals surface area contributed by atoms with Gasteiger partial charge in [0.15, 0.2) is 11.5 Å². The molecule has 0 unspecified atom stereocenters. The van der Waals surface area contributed by atoms with E-state index in [1.807, 2.05) is 4.90 Å². The zero-order chi connectivity index (χ0) is 15.0. The molecule has 1 saturated heterocycles. The van der Waals surface area contributed by atoms with Crippen LogP contribution in [0.1, 0.15) is 18.4 Å². The molecule has 1 aromatic rings. The van der Waals surface area contributed by atoms with E-state index >= 15 is 0 Å². The summed E-state index contributed by atoms with van der Waals surface area (Å²) in [5.74, 6) is 0.302. The summed E-state index contributed by atoms with van der Waals surface area (Å²) < 4.78 is 10.6. The second-order valence-corrected chi connectivity index (χ2v) is 5.71. The number of piperidine rings is 1. The number of rotatable bonds is 3. The van der Waals surface area contributed by atoms with E-state index < -0.39 is 18.1 Å². The van der Waals surface area contributed by atoms with Crippen molar-refractivity contribution >= 4 is 17.6 Å². The number of aliphatic carboxylic acids is 1. The number of aliphatic hydroxyl groups is 1. The van der Waals surface area contributed by atoms with Crippen LogP contribution in [0.2, 0.25) is 5.02 Å². The van der Waals surface area contributed by atoms with E-state index in [4.69, 9.17) is 21.1 Å². The normalized spacial score (nSPS) is 25.0. The molecule has 3 rings (SSSR count). The van der Waals surface area contributed by atoms with Crippen LogP contribution in [0.15, 0.2) is 12.1 Å². The Balaban J connectivity index is 1.80. The van der Waals surface area contributed by atoms with Crippen LogP contribution >= 0.6 is 11.6 Å². The highest BCUT2D eigenvalue weighted by atomic mass is 35.5. The zero-order valence-corrected chi connectivity index (χ0v) is 12.0. The van der Waals surface area contributed by atoms with Crippen molar-refractivity contribution in [2.75, 3.05) is 13.3 Å². The highest BCUT2D eigenvalue weighted by Crippen LogP contribution is 2.37. The highest BCUT2D eigenvalue weighted by molar-refractivity contribution is 6.31. The molecule has 2 aliphatic heterocycles. The van der Waals surface area contributed by atoms with Gasteiger partial charge in [-0.25, -0.2) is 0 Å². The smallest absolute Gasteiger partial charge is 0.321 e. The average Bonchev–Trinajstić information content (AvgIpc) is 2.88. The van der Waals surface area contributed by atoms with Crippen LogP contribution in [0.4, 0.5) is 0 Å². The number of carboxylic acids is 1. The van der Waals surface area contributed by atoms with Gasteiger partial charge in [0.1, 0.15) is 6.04 Å². The lowest BCUT2D eigenvalue weighted by Gasteiger charge is -2.35. The summed E-state index contributed by atoms with van der Waals surface area (Å²) in [6.45, 7) is 1.09. The van der Waals surface area contributed by atoms with Gasteiger partial charge in [0.05, 0.1) is 6.10 Å². The number of aliphatic hydroxyl groups excluding tert-OH is 1. The molecule has 21 heavy (non-hydrogen) atoms. The summed E-state index contributed by atoms with van der Waals surface area (Å²) in [7, 11) is 0. The first kappa shape index (κ1) is 14.4. The average molecular weight is 314 g/mol. The quantitative estimate of drug-likeness (QED) is 0.880. The lowest BCUT2D eigenvalue weighted by atomic mass is 9.98. The molecule has 2 heterocycles. The first-order valence-corrected chi connectivity index (χ1v) is 7.15. The van der Waals surface area contributed by atoms with Crippen molar-refractivity contribution in [3.8, 4) is 11.5 Å². The zero-order valence-electron chi connectivity index (χ0n) is 11.3. The molecule has 0 amide bonds. The number of benzene rings is 1. The van der Waals surface area contributed by atoms with E-state index in [0.29, 0.717) is 36.0 Å². The fourth-order valence-electron chi connectivity index (χ4n) is 2.74. The van der Waals surface area contributed by atoms with Gasteiger partial charge >= 0.3 is 5.97 Å². The van der Waals surface area contributed by atoms with Crippen LogP contribution in [0.3, 0.4) is 0 Å². The van der Waals surface area contributed by atoms with Crippen molar-refractivity contribution in [3.63, 3.8) is 0 Å². The van der Waals surface area contributed by atoms with Crippen molar-refractivity contribution < 1.29 is 24.5 Å². The van der Waals surface area contributed by atoms with Gasteiger partial charge in [0.25, 0.3) is 0 Å². The number of carboxylic acid groups (broad SMARTS) is 1. The van der Waals surface area contributed by atoms with Crippen LogP contribution in [0.5, 0.6) is 11.5 Å². The molecule has 7 heteroatoms. The first-order valence-electron chi connectivity index (χ1n) is 6.77. The number of nitrogens with zero attached hydrogens (tertiary/aromatic N) is 1. The Bertz CT molecular complexity index is 565. The van der Waals surface area contributed by atoms with Crippen LogP contribution in [0.25, 0.3) is 0 Å². The third kappa shape index (κ3) is 2.92. The van der Waals surface area contributed by atoms with Gasteiger partial charge in [-0.05, 0) is 24.5 Å². The molecule has 0 saturated carbocycles. The highest BCUT2D eigenvalue weighted by Gasteiger charge is 2.33. The van der Waals surface area contributed by atoms with Gasteiger partial charge in [-0.1, -0.05) is 11.6 Å². The van der Waals surface area contributed by atoms with Crippen LogP contribution in [-0.4, -0.2) is 46.6 Å². The lowest BCUT2D eigenvalue weighted by molar-refractivity contribution is -0.146. The van der Waals surface area contributed by atoms with E-state index in [0.717, 1.165) is 5.56 Å². The molecule has 0 spiro atoms. The van der Waals surface area contributed by atoms with Gasteiger partial charge in [-0.2, -0.15) is 0 Å². The maximum absolute atomic E-state index is 11.3. The van der Waals surface area contributed by atoms with E-state index in [-0.39, 0.29) is 13.2 Å². The molecule has 2 aliphatic rings. The van der Waals surface area contributed by atoms with Crippen molar-refractivity contribution in [3.05, 3.63) is 22.7 Å². The van der Waals surface area contributed by atoms with E-state index in [2.05, 4.69) is 0 Å². The number of carbonyl (C=O) groups is 1. The Hall–Kier alpha value is -1.50. The number of fused-ring (bicyclic) bond motifs is 1. The predicted octanol–water partition coefficient (Wildman–Crippen LogP) is 1.48. The Morgan fingerprint density at radius 2 is 2.10 bits per heavy atom. The van der Waals surface area contributed by atoms with Gasteiger partial charge in [-0.3, -0.25) is 9.69 Å². The summed E-state index contributed by atoms with van der Waals surface area (Å²) in [6, 6.07) is 2.78. The summed E-state index contributed by atoms with van der Waals surface area (Å²) in [6.07, 6.45) is 0.235. The van der Waals surface area contributed by atoms with Crippen LogP contribution in [-0.2, 0) is 11.3 Å². The van der Waals surface area contributed by atoms with Crippen molar-refractivity contribution in [1.29, 1.82) is 0 Å². The summed E-state index contributed by atoms with van der Waals surface area (Å²) in [4.78, 5) is 13.2. The second-order valence-electron chi connectivity index (χ2n) is 5.30. The second kappa shape index (κ2) is 5.71. The van der Waals surface area contributed by atoms with E-state index in [9.17, 15) is 15.0 Å². The molecular weight excluding hydrogens is 298 g/mol. The van der Waals surface area contributed by atoms with Gasteiger partial charge in [0.2, 0.25) is 6.79 Å². The number of likely N-dealkylation sites (tertiary alicyclic amines) is 1. The minimum absolute atomic E-state index is 0.169. The third-order valence-electron chi connectivity index (χ3n) is 3.89. The summed E-state index contributed by atoms with van der Waals surface area (Å²) in [5.41, 5.74) is 0.795.